The molecule has 112 valence electrons. The number of rotatable bonds is 1. The van der Waals surface area contributed by atoms with Crippen LogP contribution in [-0.4, -0.2) is 0 Å². The molecule has 3 aromatic rings. The zero-order valence-electron chi connectivity index (χ0n) is 13.6. The molecule has 23 heavy (non-hydrogen) atoms. The number of hydrogen-bond donors (Lipinski definition) is 0. The smallest absolute Gasteiger partial charge is 0.0314 e. The number of hydrogen-bond acceptors (Lipinski definition) is 0. The SMILES string of the molecule is Cc1ccc2ccccc2c1C12CC1(C)C=Cc1ccccc12. The maximum Gasteiger partial charge on any atom is 0.0314 e. The average molecular weight is 296 g/mol. The Kier molecular flexibility index (Phi) is 2.36. The fraction of sp³-hybridized carbons (Fsp3) is 0.217. The van der Waals surface area contributed by atoms with Crippen molar-refractivity contribution in [2.45, 2.75) is 25.7 Å². The van der Waals surface area contributed by atoms with Gasteiger partial charge in [-0.2, -0.15) is 0 Å². The van der Waals surface area contributed by atoms with Gasteiger partial charge in [0.15, 0.2) is 0 Å². The second-order valence-electron chi connectivity index (χ2n) is 7.40. The van der Waals surface area contributed by atoms with Crippen molar-refractivity contribution in [2.24, 2.45) is 5.41 Å². The molecule has 0 heteroatoms. The summed E-state index contributed by atoms with van der Waals surface area (Å²) in [7, 11) is 0. The topological polar surface area (TPSA) is 0 Å². The molecule has 0 nitrogen and oxygen atoms in total. The minimum Gasteiger partial charge on any atom is -0.0767 e. The third-order valence-electron chi connectivity index (χ3n) is 6.10. The summed E-state index contributed by atoms with van der Waals surface area (Å²) in [6.07, 6.45) is 5.97. The number of fused-ring (bicyclic) bond motifs is 4. The molecule has 1 saturated carbocycles. The Morgan fingerprint density at radius 3 is 2.57 bits per heavy atom. The van der Waals surface area contributed by atoms with E-state index in [1.54, 1.807) is 0 Å². The molecule has 0 amide bonds. The van der Waals surface area contributed by atoms with Crippen LogP contribution in [0.5, 0.6) is 0 Å². The molecule has 0 spiro atoms. The minimum absolute atomic E-state index is 0.142. The van der Waals surface area contributed by atoms with Crippen molar-refractivity contribution in [1.82, 2.24) is 0 Å². The highest BCUT2D eigenvalue weighted by molar-refractivity contribution is 5.90. The van der Waals surface area contributed by atoms with E-state index in [2.05, 4.69) is 86.7 Å². The Hall–Kier alpha value is -2.34. The lowest BCUT2D eigenvalue weighted by Gasteiger charge is -2.30. The zero-order valence-corrected chi connectivity index (χ0v) is 13.6. The van der Waals surface area contributed by atoms with Gasteiger partial charge in [0.05, 0.1) is 0 Å². The largest absolute Gasteiger partial charge is 0.0767 e. The van der Waals surface area contributed by atoms with Crippen LogP contribution in [0.1, 0.15) is 35.6 Å². The third kappa shape index (κ3) is 1.51. The van der Waals surface area contributed by atoms with E-state index >= 15 is 0 Å². The van der Waals surface area contributed by atoms with Crippen LogP contribution in [-0.2, 0) is 5.41 Å². The first-order chi connectivity index (χ1) is 11.2. The molecule has 2 atom stereocenters. The van der Waals surface area contributed by atoms with Crippen molar-refractivity contribution < 1.29 is 0 Å². The molecule has 5 rings (SSSR count). The predicted octanol–water partition coefficient (Wildman–Crippen LogP) is 5.87. The molecular weight excluding hydrogens is 276 g/mol. The van der Waals surface area contributed by atoms with Crippen LogP contribution in [0.25, 0.3) is 16.8 Å². The Bertz CT molecular complexity index is 978. The standard InChI is InChI=1S/C23H20/c1-16-11-12-17-7-3-5-9-19(17)21(16)23-15-22(23,2)14-13-18-8-4-6-10-20(18)23/h3-14H,15H2,1-2H3. The Labute approximate surface area is 137 Å². The second-order valence-corrected chi connectivity index (χ2v) is 7.40. The quantitative estimate of drug-likeness (QED) is 0.526. The first kappa shape index (κ1) is 13.1. The van der Waals surface area contributed by atoms with Crippen molar-refractivity contribution in [2.75, 3.05) is 0 Å². The number of allylic oxidation sites excluding steroid dienone is 1. The first-order valence-corrected chi connectivity index (χ1v) is 8.43. The van der Waals surface area contributed by atoms with E-state index in [1.807, 2.05) is 0 Å². The highest BCUT2D eigenvalue weighted by Gasteiger charge is 2.66. The van der Waals surface area contributed by atoms with Gasteiger partial charge in [-0.05, 0) is 46.4 Å². The van der Waals surface area contributed by atoms with E-state index in [0.29, 0.717) is 0 Å². The maximum atomic E-state index is 2.44. The van der Waals surface area contributed by atoms with Gasteiger partial charge in [0, 0.05) is 10.8 Å². The van der Waals surface area contributed by atoms with E-state index in [1.165, 1.54) is 39.4 Å². The molecule has 2 unspecified atom stereocenters. The highest BCUT2D eigenvalue weighted by atomic mass is 14.7. The van der Waals surface area contributed by atoms with Crippen LogP contribution >= 0.6 is 0 Å². The second kappa shape index (κ2) is 4.14. The third-order valence-corrected chi connectivity index (χ3v) is 6.10. The summed E-state index contributed by atoms with van der Waals surface area (Å²) in [5.41, 5.74) is 6.23. The van der Waals surface area contributed by atoms with Gasteiger partial charge in [0.25, 0.3) is 0 Å². The van der Waals surface area contributed by atoms with Crippen LogP contribution < -0.4 is 0 Å². The normalized spacial score (nSPS) is 27.6. The summed E-state index contributed by atoms with van der Waals surface area (Å²) >= 11 is 0. The van der Waals surface area contributed by atoms with Gasteiger partial charge in [-0.25, -0.2) is 0 Å². The molecule has 3 aromatic carbocycles. The number of benzene rings is 3. The van der Waals surface area contributed by atoms with Gasteiger partial charge in [0.1, 0.15) is 0 Å². The summed E-state index contributed by atoms with van der Waals surface area (Å²) in [4.78, 5) is 0. The molecule has 2 aliphatic carbocycles. The Morgan fingerprint density at radius 2 is 1.65 bits per heavy atom. The van der Waals surface area contributed by atoms with Crippen molar-refractivity contribution in [3.63, 3.8) is 0 Å². The summed E-state index contributed by atoms with van der Waals surface area (Å²) < 4.78 is 0. The summed E-state index contributed by atoms with van der Waals surface area (Å²) in [5.74, 6) is 0. The molecule has 0 bridgehead atoms. The molecule has 0 heterocycles. The molecule has 0 radical (unpaired) electrons. The van der Waals surface area contributed by atoms with Gasteiger partial charge in [-0.15, -0.1) is 0 Å². The fourth-order valence-electron chi connectivity index (χ4n) is 4.87. The van der Waals surface area contributed by atoms with Crippen LogP contribution in [0.2, 0.25) is 0 Å². The minimum atomic E-state index is 0.142. The molecule has 0 aliphatic heterocycles. The van der Waals surface area contributed by atoms with Crippen molar-refractivity contribution >= 4 is 16.8 Å². The van der Waals surface area contributed by atoms with Crippen LogP contribution in [0, 0.1) is 12.3 Å². The highest BCUT2D eigenvalue weighted by Crippen LogP contribution is 2.72. The summed E-state index contributed by atoms with van der Waals surface area (Å²) in [5, 5.41) is 2.77. The van der Waals surface area contributed by atoms with Crippen molar-refractivity contribution in [3.05, 3.63) is 89.0 Å². The van der Waals surface area contributed by atoms with Gasteiger partial charge >= 0.3 is 0 Å². The van der Waals surface area contributed by atoms with E-state index in [0.717, 1.165) is 0 Å². The number of aryl methyl sites for hydroxylation is 1. The van der Waals surface area contributed by atoms with Gasteiger partial charge in [-0.1, -0.05) is 79.7 Å². The Morgan fingerprint density at radius 1 is 0.870 bits per heavy atom. The monoisotopic (exact) mass is 296 g/mol. The Balaban J connectivity index is 1.90. The molecule has 0 saturated heterocycles. The van der Waals surface area contributed by atoms with E-state index < -0.39 is 0 Å². The van der Waals surface area contributed by atoms with E-state index in [4.69, 9.17) is 0 Å². The van der Waals surface area contributed by atoms with Crippen molar-refractivity contribution in [3.8, 4) is 0 Å². The lowest BCUT2D eigenvalue weighted by molar-refractivity contribution is 0.614. The maximum absolute atomic E-state index is 2.44. The molecule has 2 aliphatic rings. The van der Waals surface area contributed by atoms with Gasteiger partial charge in [-0.3, -0.25) is 0 Å². The van der Waals surface area contributed by atoms with Crippen LogP contribution in [0.4, 0.5) is 0 Å². The zero-order chi connectivity index (χ0) is 15.7. The fourth-order valence-corrected chi connectivity index (χ4v) is 4.87. The van der Waals surface area contributed by atoms with Gasteiger partial charge in [0.2, 0.25) is 0 Å². The van der Waals surface area contributed by atoms with E-state index in [-0.39, 0.29) is 10.8 Å². The van der Waals surface area contributed by atoms with Crippen LogP contribution in [0.3, 0.4) is 0 Å². The van der Waals surface area contributed by atoms with Crippen molar-refractivity contribution in [1.29, 1.82) is 0 Å². The molecule has 0 N–H and O–H groups in total. The lowest BCUT2D eigenvalue weighted by Crippen LogP contribution is -2.22. The van der Waals surface area contributed by atoms with E-state index in [9.17, 15) is 0 Å². The summed E-state index contributed by atoms with van der Waals surface area (Å²) in [6.45, 7) is 4.69. The molecular formula is C23H20. The first-order valence-electron chi connectivity index (χ1n) is 8.43. The van der Waals surface area contributed by atoms with Gasteiger partial charge < -0.3 is 0 Å². The van der Waals surface area contributed by atoms with Crippen LogP contribution in [0.15, 0.2) is 66.7 Å². The molecule has 1 fully saturated rings. The average Bonchev–Trinajstić information content (AvgIpc) is 3.22. The molecule has 0 aromatic heterocycles. The predicted molar refractivity (Wildman–Crippen MR) is 97.7 cm³/mol. The summed E-state index contributed by atoms with van der Waals surface area (Å²) in [6, 6.07) is 22.3. The lowest BCUT2D eigenvalue weighted by atomic mass is 9.73.